The van der Waals surface area contributed by atoms with E-state index >= 15 is 0 Å². The summed E-state index contributed by atoms with van der Waals surface area (Å²) in [6.45, 7) is 0.543. The van der Waals surface area contributed by atoms with Crippen LogP contribution in [0.25, 0.3) is 0 Å². The zero-order valence-electron chi connectivity index (χ0n) is 11.6. The highest BCUT2D eigenvalue weighted by Crippen LogP contribution is 2.37. The van der Waals surface area contributed by atoms with E-state index in [2.05, 4.69) is 0 Å². The third-order valence-corrected chi connectivity index (χ3v) is 2.94. The maximum Gasteiger partial charge on any atom is 0.200 e. The Balaban J connectivity index is 2.02. The summed E-state index contributed by atoms with van der Waals surface area (Å²) in [6, 6.07) is 13.2. The Morgan fingerprint density at radius 2 is 1.55 bits per heavy atom. The second-order valence-electron chi connectivity index (χ2n) is 4.26. The molecule has 0 aliphatic carbocycles. The lowest BCUT2D eigenvalue weighted by atomic mass is 10.1. The van der Waals surface area contributed by atoms with Gasteiger partial charge in [0.2, 0.25) is 5.75 Å². The number of benzene rings is 2. The Hall–Kier alpha value is -2.36. The van der Waals surface area contributed by atoms with E-state index < -0.39 is 0 Å². The van der Waals surface area contributed by atoms with Gasteiger partial charge in [-0.2, -0.15) is 0 Å². The van der Waals surface area contributed by atoms with Crippen LogP contribution in [-0.4, -0.2) is 25.9 Å². The number of hydrogen-bond donors (Lipinski definition) is 1. The number of phenols is 1. The van der Waals surface area contributed by atoms with Gasteiger partial charge in [0.25, 0.3) is 0 Å². The Labute approximate surface area is 118 Å². The highest BCUT2D eigenvalue weighted by molar-refractivity contribution is 5.52. The molecular weight excluding hydrogens is 256 g/mol. The molecule has 2 aromatic rings. The summed E-state index contributed by atoms with van der Waals surface area (Å²) in [5, 5.41) is 9.84. The molecule has 0 aliphatic heterocycles. The second-order valence-corrected chi connectivity index (χ2v) is 4.26. The first-order valence-electron chi connectivity index (χ1n) is 6.36. The van der Waals surface area contributed by atoms with Crippen molar-refractivity contribution < 1.29 is 19.3 Å². The van der Waals surface area contributed by atoms with Crippen LogP contribution in [0.5, 0.6) is 23.0 Å². The van der Waals surface area contributed by atoms with E-state index in [1.165, 1.54) is 14.2 Å². The fourth-order valence-electron chi connectivity index (χ4n) is 1.90. The molecule has 0 radical (unpaired) electrons. The van der Waals surface area contributed by atoms with Gasteiger partial charge in [0.1, 0.15) is 5.75 Å². The van der Waals surface area contributed by atoms with Gasteiger partial charge in [-0.1, -0.05) is 18.2 Å². The van der Waals surface area contributed by atoms with Gasteiger partial charge in [0, 0.05) is 6.42 Å². The predicted octanol–water partition coefficient (Wildman–Crippen LogP) is 3.03. The van der Waals surface area contributed by atoms with Crippen LogP contribution in [0.4, 0.5) is 0 Å². The van der Waals surface area contributed by atoms with E-state index in [-0.39, 0.29) is 5.75 Å². The molecule has 0 heterocycles. The summed E-state index contributed by atoms with van der Waals surface area (Å²) < 4.78 is 15.9. The molecule has 0 aliphatic rings. The molecule has 0 amide bonds. The first kappa shape index (κ1) is 14.1. The maximum absolute atomic E-state index is 9.84. The topological polar surface area (TPSA) is 47.9 Å². The molecule has 0 fully saturated rings. The summed E-state index contributed by atoms with van der Waals surface area (Å²) in [7, 11) is 3.03. The molecule has 0 unspecified atom stereocenters. The third-order valence-electron chi connectivity index (χ3n) is 2.94. The SMILES string of the molecule is COc1cc(CCOc2ccccc2)cc(OC)c1O. The van der Waals surface area contributed by atoms with Crippen LogP contribution in [-0.2, 0) is 6.42 Å². The number of para-hydroxylation sites is 1. The van der Waals surface area contributed by atoms with Crippen LogP contribution in [0, 0.1) is 0 Å². The maximum atomic E-state index is 9.84. The standard InChI is InChI=1S/C16H18O4/c1-18-14-10-12(11-15(19-2)16(14)17)8-9-20-13-6-4-3-5-7-13/h3-7,10-11,17H,8-9H2,1-2H3. The summed E-state index contributed by atoms with van der Waals surface area (Å²) in [5.74, 6) is 1.66. The first-order chi connectivity index (χ1) is 9.74. The van der Waals surface area contributed by atoms with E-state index in [4.69, 9.17) is 14.2 Å². The van der Waals surface area contributed by atoms with Crippen molar-refractivity contribution in [1.29, 1.82) is 0 Å². The van der Waals surface area contributed by atoms with E-state index in [0.717, 1.165) is 11.3 Å². The van der Waals surface area contributed by atoms with Gasteiger partial charge in [-0.3, -0.25) is 0 Å². The average Bonchev–Trinajstić information content (AvgIpc) is 2.49. The van der Waals surface area contributed by atoms with Crippen molar-refractivity contribution in [2.75, 3.05) is 20.8 Å². The summed E-state index contributed by atoms with van der Waals surface area (Å²) in [6.07, 6.45) is 0.696. The van der Waals surface area contributed by atoms with E-state index in [9.17, 15) is 5.11 Å². The third kappa shape index (κ3) is 3.35. The van der Waals surface area contributed by atoms with Gasteiger partial charge >= 0.3 is 0 Å². The Bertz CT molecular complexity index is 527. The van der Waals surface area contributed by atoms with Crippen LogP contribution in [0.3, 0.4) is 0 Å². The van der Waals surface area contributed by atoms with Crippen molar-refractivity contribution in [3.05, 3.63) is 48.0 Å². The molecule has 0 spiro atoms. The zero-order chi connectivity index (χ0) is 14.4. The molecule has 0 atom stereocenters. The molecule has 2 aromatic carbocycles. The molecule has 1 N–H and O–H groups in total. The molecule has 0 bridgehead atoms. The number of phenolic OH excluding ortho intramolecular Hbond substituents is 1. The summed E-state index contributed by atoms with van der Waals surface area (Å²) in [5.41, 5.74) is 0.979. The van der Waals surface area contributed by atoms with Gasteiger partial charge in [0.05, 0.1) is 20.8 Å². The quantitative estimate of drug-likeness (QED) is 0.879. The molecular formula is C16H18O4. The van der Waals surface area contributed by atoms with E-state index in [1.807, 2.05) is 30.3 Å². The number of ether oxygens (including phenoxy) is 3. The summed E-state index contributed by atoms with van der Waals surface area (Å²) >= 11 is 0. The monoisotopic (exact) mass is 274 g/mol. The van der Waals surface area contributed by atoms with Gasteiger partial charge in [-0.25, -0.2) is 0 Å². The molecule has 0 saturated heterocycles. The predicted molar refractivity (Wildman–Crippen MR) is 76.9 cm³/mol. The number of hydrogen-bond acceptors (Lipinski definition) is 4. The highest BCUT2D eigenvalue weighted by atomic mass is 16.5. The van der Waals surface area contributed by atoms with Crippen LogP contribution < -0.4 is 14.2 Å². The average molecular weight is 274 g/mol. The molecule has 20 heavy (non-hydrogen) atoms. The molecule has 106 valence electrons. The first-order valence-corrected chi connectivity index (χ1v) is 6.36. The number of aromatic hydroxyl groups is 1. The number of methoxy groups -OCH3 is 2. The minimum atomic E-state index is 0.0164. The van der Waals surface area contributed by atoms with Crippen molar-refractivity contribution >= 4 is 0 Å². The summed E-state index contributed by atoms with van der Waals surface area (Å²) in [4.78, 5) is 0. The van der Waals surface area contributed by atoms with Gasteiger partial charge in [-0.05, 0) is 29.8 Å². The lowest BCUT2D eigenvalue weighted by Gasteiger charge is -2.11. The highest BCUT2D eigenvalue weighted by Gasteiger charge is 2.11. The molecule has 2 rings (SSSR count). The van der Waals surface area contributed by atoms with Gasteiger partial charge < -0.3 is 19.3 Å². The largest absolute Gasteiger partial charge is 0.502 e. The van der Waals surface area contributed by atoms with Crippen LogP contribution >= 0.6 is 0 Å². The zero-order valence-corrected chi connectivity index (χ0v) is 11.6. The number of rotatable bonds is 6. The smallest absolute Gasteiger partial charge is 0.200 e. The van der Waals surface area contributed by atoms with E-state index in [1.54, 1.807) is 12.1 Å². The fourth-order valence-corrected chi connectivity index (χ4v) is 1.90. The fraction of sp³-hybridized carbons (Fsp3) is 0.250. The van der Waals surface area contributed by atoms with E-state index in [0.29, 0.717) is 24.5 Å². The van der Waals surface area contributed by atoms with Gasteiger partial charge in [0.15, 0.2) is 11.5 Å². The van der Waals surface area contributed by atoms with Crippen LogP contribution in [0.15, 0.2) is 42.5 Å². The molecule has 0 saturated carbocycles. The van der Waals surface area contributed by atoms with Crippen molar-refractivity contribution in [2.24, 2.45) is 0 Å². The van der Waals surface area contributed by atoms with Crippen molar-refractivity contribution in [3.63, 3.8) is 0 Å². The van der Waals surface area contributed by atoms with Crippen molar-refractivity contribution in [1.82, 2.24) is 0 Å². The van der Waals surface area contributed by atoms with Crippen LogP contribution in [0.2, 0.25) is 0 Å². The van der Waals surface area contributed by atoms with Crippen molar-refractivity contribution in [3.8, 4) is 23.0 Å². The molecule has 4 heteroatoms. The Morgan fingerprint density at radius 1 is 0.950 bits per heavy atom. The second kappa shape index (κ2) is 6.70. The molecule has 4 nitrogen and oxygen atoms in total. The Kier molecular flexibility index (Phi) is 4.71. The normalized spacial score (nSPS) is 10.1. The minimum Gasteiger partial charge on any atom is -0.502 e. The van der Waals surface area contributed by atoms with Crippen LogP contribution in [0.1, 0.15) is 5.56 Å². The van der Waals surface area contributed by atoms with Gasteiger partial charge in [-0.15, -0.1) is 0 Å². The lowest BCUT2D eigenvalue weighted by molar-refractivity contribution is 0.319. The lowest BCUT2D eigenvalue weighted by Crippen LogP contribution is -2.02. The van der Waals surface area contributed by atoms with Crippen molar-refractivity contribution in [2.45, 2.75) is 6.42 Å². The molecule has 0 aromatic heterocycles. The Morgan fingerprint density at radius 3 is 2.10 bits per heavy atom. The minimum absolute atomic E-state index is 0.0164.